The van der Waals surface area contributed by atoms with E-state index in [2.05, 4.69) is 10.4 Å². The van der Waals surface area contributed by atoms with E-state index in [4.69, 9.17) is 5.84 Å². The standard InChI is InChI=1S/C22H27N3O4S/c1-30(29)20-8-4-3-7-18(20)19(14-22(27)28)25-21(26)9-5-2-6-16-10-12-17(13-11-16)15-24-23/h3-4,7-8,10-13,15,19H,2,5-6,9,14,23H2,1H3,(H,25,26)(H,27,28). The van der Waals surface area contributed by atoms with Crippen LogP contribution in [0.1, 0.15) is 48.4 Å². The molecular weight excluding hydrogens is 402 g/mol. The molecule has 0 aliphatic carbocycles. The van der Waals surface area contributed by atoms with Gasteiger partial charge in [0, 0.05) is 12.0 Å². The molecule has 0 bridgehead atoms. The zero-order chi connectivity index (χ0) is 21.9. The van der Waals surface area contributed by atoms with Crippen molar-refractivity contribution in [3.05, 3.63) is 65.2 Å². The van der Waals surface area contributed by atoms with Crippen molar-refractivity contribution in [2.45, 2.75) is 43.0 Å². The van der Waals surface area contributed by atoms with Gasteiger partial charge < -0.3 is 20.8 Å². The minimum atomic E-state index is -1.28. The minimum Gasteiger partial charge on any atom is -0.612 e. The third-order valence-electron chi connectivity index (χ3n) is 4.64. The quantitative estimate of drug-likeness (QED) is 0.166. The Labute approximate surface area is 179 Å². The lowest BCUT2D eigenvalue weighted by atomic mass is 10.0. The number of benzene rings is 2. The topological polar surface area (TPSA) is 128 Å². The van der Waals surface area contributed by atoms with Crippen molar-refractivity contribution in [2.24, 2.45) is 10.9 Å². The molecule has 2 rings (SSSR count). The predicted octanol–water partition coefficient (Wildman–Crippen LogP) is 2.76. The van der Waals surface area contributed by atoms with Crippen molar-refractivity contribution >= 4 is 29.3 Å². The summed E-state index contributed by atoms with van der Waals surface area (Å²) >= 11 is -1.28. The van der Waals surface area contributed by atoms with E-state index in [1.165, 1.54) is 6.26 Å². The lowest BCUT2D eigenvalue weighted by Crippen LogP contribution is -2.31. The lowest BCUT2D eigenvalue weighted by molar-refractivity contribution is -0.137. The van der Waals surface area contributed by atoms with Gasteiger partial charge in [-0.3, -0.25) is 9.59 Å². The SMILES string of the molecule is C[S+]([O-])c1ccccc1C(CC(=O)O)NC(=O)CCCCc1ccc(C=NN)cc1. The summed E-state index contributed by atoms with van der Waals surface area (Å²) in [6.45, 7) is 0. The number of aliphatic carboxylic acids is 1. The molecule has 2 aromatic rings. The third-order valence-corrected chi connectivity index (χ3v) is 5.63. The number of nitrogens with one attached hydrogen (secondary N) is 1. The van der Waals surface area contributed by atoms with Crippen LogP contribution in [0.25, 0.3) is 0 Å². The molecule has 0 radical (unpaired) electrons. The molecule has 7 nitrogen and oxygen atoms in total. The van der Waals surface area contributed by atoms with Gasteiger partial charge in [0.05, 0.1) is 18.7 Å². The highest BCUT2D eigenvalue weighted by Crippen LogP contribution is 2.25. The van der Waals surface area contributed by atoms with E-state index in [-0.39, 0.29) is 12.3 Å². The Kier molecular flexibility index (Phi) is 9.37. The van der Waals surface area contributed by atoms with Gasteiger partial charge in [0.25, 0.3) is 0 Å². The Morgan fingerprint density at radius 1 is 1.20 bits per heavy atom. The summed E-state index contributed by atoms with van der Waals surface area (Å²) in [5, 5.41) is 15.5. The van der Waals surface area contributed by atoms with Gasteiger partial charge in [-0.1, -0.05) is 42.5 Å². The molecule has 2 atom stereocenters. The molecule has 2 aromatic carbocycles. The molecule has 1 amide bonds. The van der Waals surface area contributed by atoms with Crippen molar-refractivity contribution < 1.29 is 19.2 Å². The van der Waals surface area contributed by atoms with E-state index in [0.717, 1.165) is 24.0 Å². The first-order valence-electron chi connectivity index (χ1n) is 9.66. The fourth-order valence-corrected chi connectivity index (χ4v) is 3.99. The lowest BCUT2D eigenvalue weighted by Gasteiger charge is -2.20. The van der Waals surface area contributed by atoms with E-state index >= 15 is 0 Å². The summed E-state index contributed by atoms with van der Waals surface area (Å²) in [6, 6.07) is 14.1. The number of aryl methyl sites for hydroxylation is 1. The maximum Gasteiger partial charge on any atom is 0.305 e. The molecule has 0 aromatic heterocycles. The number of nitrogens with zero attached hydrogens (tertiary/aromatic N) is 1. The molecule has 0 heterocycles. The number of unbranched alkanes of at least 4 members (excludes halogenated alkanes) is 1. The second-order valence-electron chi connectivity index (χ2n) is 6.94. The number of rotatable bonds is 11. The number of hydrogen-bond donors (Lipinski definition) is 3. The van der Waals surface area contributed by atoms with Gasteiger partial charge in [-0.25, -0.2) is 0 Å². The molecule has 0 saturated heterocycles. The first-order chi connectivity index (χ1) is 14.4. The largest absolute Gasteiger partial charge is 0.612 e. The number of nitrogens with two attached hydrogens (primary N) is 1. The summed E-state index contributed by atoms with van der Waals surface area (Å²) in [6.07, 6.45) is 5.49. The normalized spacial score (nSPS) is 13.1. The van der Waals surface area contributed by atoms with Crippen molar-refractivity contribution in [3.8, 4) is 0 Å². The van der Waals surface area contributed by atoms with Gasteiger partial charge >= 0.3 is 5.97 Å². The average molecular weight is 430 g/mol. The number of hydrazone groups is 1. The maximum absolute atomic E-state index is 12.4. The van der Waals surface area contributed by atoms with Gasteiger partial charge in [0.2, 0.25) is 5.91 Å². The van der Waals surface area contributed by atoms with Crippen molar-refractivity contribution in [1.82, 2.24) is 5.32 Å². The summed E-state index contributed by atoms with van der Waals surface area (Å²) in [5.41, 5.74) is 2.67. The van der Waals surface area contributed by atoms with Gasteiger partial charge in [-0.2, -0.15) is 5.10 Å². The van der Waals surface area contributed by atoms with Gasteiger partial charge in [-0.05, 0) is 47.6 Å². The highest BCUT2D eigenvalue weighted by atomic mass is 32.2. The van der Waals surface area contributed by atoms with Crippen LogP contribution in [0.4, 0.5) is 0 Å². The molecule has 0 spiro atoms. The maximum atomic E-state index is 12.4. The fourth-order valence-electron chi connectivity index (χ4n) is 3.18. The molecule has 4 N–H and O–H groups in total. The zero-order valence-electron chi connectivity index (χ0n) is 16.9. The molecule has 0 saturated carbocycles. The van der Waals surface area contributed by atoms with E-state index < -0.39 is 23.2 Å². The second kappa shape index (κ2) is 12.0. The summed E-state index contributed by atoms with van der Waals surface area (Å²) in [7, 11) is 0. The number of carboxylic acids is 1. The van der Waals surface area contributed by atoms with Crippen LogP contribution in [0.3, 0.4) is 0 Å². The zero-order valence-corrected chi connectivity index (χ0v) is 17.7. The first-order valence-corrected chi connectivity index (χ1v) is 11.2. The highest BCUT2D eigenvalue weighted by molar-refractivity contribution is 7.90. The van der Waals surface area contributed by atoms with Crippen LogP contribution in [-0.4, -0.2) is 34.0 Å². The Hall–Kier alpha value is -2.84. The van der Waals surface area contributed by atoms with Gasteiger partial charge in [0.15, 0.2) is 4.90 Å². The van der Waals surface area contributed by atoms with E-state index in [1.54, 1.807) is 30.5 Å². The van der Waals surface area contributed by atoms with Crippen LogP contribution < -0.4 is 11.2 Å². The Morgan fingerprint density at radius 2 is 1.90 bits per heavy atom. The van der Waals surface area contributed by atoms with Crippen molar-refractivity contribution in [2.75, 3.05) is 6.26 Å². The van der Waals surface area contributed by atoms with Crippen LogP contribution in [-0.2, 0) is 27.2 Å². The molecule has 0 aliphatic heterocycles. The van der Waals surface area contributed by atoms with Crippen molar-refractivity contribution in [1.29, 1.82) is 0 Å². The number of amides is 1. The summed E-state index contributed by atoms with van der Waals surface area (Å²) in [4.78, 5) is 24.2. The molecule has 8 heteroatoms. The second-order valence-corrected chi connectivity index (χ2v) is 8.28. The van der Waals surface area contributed by atoms with Gasteiger partial charge in [0.1, 0.15) is 6.26 Å². The average Bonchev–Trinajstić information content (AvgIpc) is 2.72. The number of carbonyl (C=O) groups is 2. The molecule has 30 heavy (non-hydrogen) atoms. The van der Waals surface area contributed by atoms with Crippen LogP contribution in [0, 0.1) is 0 Å². The van der Waals surface area contributed by atoms with E-state index in [0.29, 0.717) is 23.3 Å². The molecular formula is C22H27N3O4S. The monoisotopic (exact) mass is 429 g/mol. The Morgan fingerprint density at radius 3 is 2.53 bits per heavy atom. The van der Waals surface area contributed by atoms with E-state index in [9.17, 15) is 19.2 Å². The highest BCUT2D eigenvalue weighted by Gasteiger charge is 2.24. The van der Waals surface area contributed by atoms with Crippen molar-refractivity contribution in [3.63, 3.8) is 0 Å². The van der Waals surface area contributed by atoms with E-state index in [1.807, 2.05) is 24.3 Å². The first kappa shape index (κ1) is 23.4. The predicted molar refractivity (Wildman–Crippen MR) is 118 cm³/mol. The molecule has 0 aliphatic rings. The number of hydrogen-bond acceptors (Lipinski definition) is 5. The van der Waals surface area contributed by atoms with Crippen LogP contribution in [0.5, 0.6) is 0 Å². The summed E-state index contributed by atoms with van der Waals surface area (Å²) < 4.78 is 12.0. The Balaban J connectivity index is 1.89. The molecule has 0 fully saturated rings. The third kappa shape index (κ3) is 7.53. The Bertz CT molecular complexity index is 869. The minimum absolute atomic E-state index is 0.215. The molecule has 2 unspecified atom stereocenters. The number of carbonyl (C=O) groups excluding carboxylic acids is 1. The molecule has 160 valence electrons. The fraction of sp³-hybridized carbons (Fsp3) is 0.318. The van der Waals surface area contributed by atoms with Crippen LogP contribution >= 0.6 is 0 Å². The van der Waals surface area contributed by atoms with Gasteiger partial charge in [-0.15, -0.1) is 0 Å². The number of carboxylic acid groups (broad SMARTS) is 1. The summed E-state index contributed by atoms with van der Waals surface area (Å²) in [5.74, 6) is 3.89. The van der Waals surface area contributed by atoms with Crippen LogP contribution in [0.15, 0.2) is 58.5 Å². The van der Waals surface area contributed by atoms with Crippen LogP contribution in [0.2, 0.25) is 0 Å². The smallest absolute Gasteiger partial charge is 0.305 e.